The fraction of sp³-hybridized carbons (Fsp3) is 1.00. The zero-order chi connectivity index (χ0) is 14.6. The molecule has 2 atom stereocenters. The molecule has 4 nitrogen and oxygen atoms in total. The van der Waals surface area contributed by atoms with Crippen molar-refractivity contribution in [1.82, 2.24) is 15.1 Å². The van der Waals surface area contributed by atoms with E-state index >= 15 is 0 Å². The van der Waals surface area contributed by atoms with Gasteiger partial charge in [-0.25, -0.2) is 0 Å². The van der Waals surface area contributed by atoms with E-state index in [1.807, 2.05) is 0 Å². The van der Waals surface area contributed by atoms with Gasteiger partial charge in [-0.3, -0.25) is 9.80 Å². The Morgan fingerprint density at radius 1 is 1.05 bits per heavy atom. The van der Waals surface area contributed by atoms with Crippen LogP contribution in [0.4, 0.5) is 0 Å². The number of nitrogens with zero attached hydrogens (tertiary/aromatic N) is 2. The summed E-state index contributed by atoms with van der Waals surface area (Å²) in [5.41, 5.74) is 0.312. The smallest absolute Gasteiger partial charge is 0.0707 e. The second-order valence-corrected chi connectivity index (χ2v) is 7.22. The Kier molecular flexibility index (Phi) is 5.84. The third-order valence-corrected chi connectivity index (χ3v) is 4.60. The van der Waals surface area contributed by atoms with Crippen LogP contribution in [0.25, 0.3) is 0 Å². The van der Waals surface area contributed by atoms with Crippen molar-refractivity contribution >= 4 is 0 Å². The van der Waals surface area contributed by atoms with Gasteiger partial charge in [0.1, 0.15) is 0 Å². The maximum atomic E-state index is 6.14. The summed E-state index contributed by atoms with van der Waals surface area (Å²) in [4.78, 5) is 5.18. The van der Waals surface area contributed by atoms with E-state index in [9.17, 15) is 0 Å². The van der Waals surface area contributed by atoms with Crippen LogP contribution in [0.2, 0.25) is 0 Å². The fourth-order valence-corrected chi connectivity index (χ4v) is 3.26. The van der Waals surface area contributed by atoms with E-state index in [0.29, 0.717) is 17.7 Å². The zero-order valence-corrected chi connectivity index (χ0v) is 13.8. The lowest BCUT2D eigenvalue weighted by Gasteiger charge is -2.42. The van der Waals surface area contributed by atoms with Crippen LogP contribution in [0, 0.1) is 0 Å². The van der Waals surface area contributed by atoms with E-state index in [0.717, 1.165) is 19.6 Å². The standard InChI is InChI=1S/C16H33N3O/c1-5-17-12-14-6-7-15(20-14)13-18-8-10-19(11-9-18)16(2,3)4/h14-15,17H,5-13H2,1-4H3. The number of hydrogen-bond donors (Lipinski definition) is 1. The summed E-state index contributed by atoms with van der Waals surface area (Å²) in [5, 5.41) is 3.39. The summed E-state index contributed by atoms with van der Waals surface area (Å²) in [5.74, 6) is 0. The molecule has 1 N–H and O–H groups in total. The van der Waals surface area contributed by atoms with Crippen molar-refractivity contribution in [2.75, 3.05) is 45.8 Å². The summed E-state index contributed by atoms with van der Waals surface area (Å²) in [6.45, 7) is 17.0. The first-order valence-corrected chi connectivity index (χ1v) is 8.32. The highest BCUT2D eigenvalue weighted by molar-refractivity contribution is 4.84. The molecule has 4 heteroatoms. The Morgan fingerprint density at radius 3 is 2.30 bits per heavy atom. The number of rotatable bonds is 5. The molecule has 118 valence electrons. The number of likely N-dealkylation sites (N-methyl/N-ethyl adjacent to an activating group) is 1. The number of piperazine rings is 1. The highest BCUT2D eigenvalue weighted by Crippen LogP contribution is 2.21. The Bertz CT molecular complexity index is 282. The van der Waals surface area contributed by atoms with Gasteiger partial charge in [0.05, 0.1) is 12.2 Å². The molecule has 2 heterocycles. The number of hydrogen-bond acceptors (Lipinski definition) is 4. The normalized spacial score (nSPS) is 30.0. The predicted molar refractivity (Wildman–Crippen MR) is 84.2 cm³/mol. The van der Waals surface area contributed by atoms with E-state index in [1.54, 1.807) is 0 Å². The molecule has 0 bridgehead atoms. The van der Waals surface area contributed by atoms with Crippen LogP contribution in [0.3, 0.4) is 0 Å². The quantitative estimate of drug-likeness (QED) is 0.829. The fourth-order valence-electron chi connectivity index (χ4n) is 3.26. The van der Waals surface area contributed by atoms with Crippen molar-refractivity contribution in [2.45, 2.75) is 58.3 Å². The van der Waals surface area contributed by atoms with Crippen LogP contribution < -0.4 is 5.32 Å². The minimum Gasteiger partial charge on any atom is -0.372 e. The van der Waals surface area contributed by atoms with Gasteiger partial charge in [0.25, 0.3) is 0 Å². The molecule has 2 saturated heterocycles. The maximum Gasteiger partial charge on any atom is 0.0707 e. The molecule has 0 aromatic rings. The molecule has 2 aliphatic rings. The van der Waals surface area contributed by atoms with Gasteiger partial charge >= 0.3 is 0 Å². The van der Waals surface area contributed by atoms with Gasteiger partial charge in [-0.15, -0.1) is 0 Å². The van der Waals surface area contributed by atoms with Gasteiger partial charge in [-0.2, -0.15) is 0 Å². The van der Waals surface area contributed by atoms with Crippen LogP contribution in [-0.4, -0.2) is 73.4 Å². The molecule has 0 saturated carbocycles. The Labute approximate surface area is 124 Å². The zero-order valence-electron chi connectivity index (χ0n) is 13.8. The molecule has 0 spiro atoms. The molecule has 0 amide bonds. The molecule has 2 fully saturated rings. The van der Waals surface area contributed by atoms with Crippen LogP contribution in [-0.2, 0) is 4.74 Å². The van der Waals surface area contributed by atoms with Gasteiger partial charge in [-0.1, -0.05) is 6.92 Å². The monoisotopic (exact) mass is 283 g/mol. The highest BCUT2D eigenvalue weighted by atomic mass is 16.5. The topological polar surface area (TPSA) is 27.7 Å². The van der Waals surface area contributed by atoms with Gasteiger partial charge in [0.15, 0.2) is 0 Å². The molecule has 0 aromatic heterocycles. The van der Waals surface area contributed by atoms with Gasteiger partial charge in [-0.05, 0) is 40.2 Å². The molecule has 0 aliphatic carbocycles. The van der Waals surface area contributed by atoms with Crippen LogP contribution >= 0.6 is 0 Å². The first-order valence-electron chi connectivity index (χ1n) is 8.32. The largest absolute Gasteiger partial charge is 0.372 e. The van der Waals surface area contributed by atoms with Crippen molar-refractivity contribution in [3.8, 4) is 0 Å². The minimum atomic E-state index is 0.312. The Morgan fingerprint density at radius 2 is 1.70 bits per heavy atom. The summed E-state index contributed by atoms with van der Waals surface area (Å²) in [6, 6.07) is 0. The van der Waals surface area contributed by atoms with Crippen LogP contribution in [0.1, 0.15) is 40.5 Å². The van der Waals surface area contributed by atoms with Crippen molar-refractivity contribution < 1.29 is 4.74 Å². The lowest BCUT2D eigenvalue weighted by Crippen LogP contribution is -2.54. The summed E-state index contributed by atoms with van der Waals surface area (Å²) < 4.78 is 6.14. The molecule has 2 aliphatic heterocycles. The van der Waals surface area contributed by atoms with Gasteiger partial charge < -0.3 is 10.1 Å². The number of nitrogens with one attached hydrogen (secondary N) is 1. The summed E-state index contributed by atoms with van der Waals surface area (Å²) >= 11 is 0. The van der Waals surface area contributed by atoms with Crippen LogP contribution in [0.15, 0.2) is 0 Å². The molecular weight excluding hydrogens is 250 g/mol. The molecule has 2 unspecified atom stereocenters. The second kappa shape index (κ2) is 7.21. The van der Waals surface area contributed by atoms with Crippen LogP contribution in [0.5, 0.6) is 0 Å². The molecule has 0 radical (unpaired) electrons. The molecule has 0 aromatic carbocycles. The van der Waals surface area contributed by atoms with E-state index in [2.05, 4.69) is 42.8 Å². The minimum absolute atomic E-state index is 0.312. The number of ether oxygens (including phenoxy) is 1. The Hall–Kier alpha value is -0.160. The maximum absolute atomic E-state index is 6.14. The third kappa shape index (κ3) is 4.69. The van der Waals surface area contributed by atoms with Crippen molar-refractivity contribution in [2.24, 2.45) is 0 Å². The molecule has 20 heavy (non-hydrogen) atoms. The molecular formula is C16H33N3O. The third-order valence-electron chi connectivity index (χ3n) is 4.60. The Balaban J connectivity index is 1.66. The lowest BCUT2D eigenvalue weighted by molar-refractivity contribution is 0.00200. The average Bonchev–Trinajstić information content (AvgIpc) is 2.83. The average molecular weight is 283 g/mol. The van der Waals surface area contributed by atoms with Crippen molar-refractivity contribution in [3.63, 3.8) is 0 Å². The first kappa shape index (κ1) is 16.2. The second-order valence-electron chi connectivity index (χ2n) is 7.22. The van der Waals surface area contributed by atoms with E-state index in [-0.39, 0.29) is 0 Å². The SMILES string of the molecule is CCNCC1CCC(CN2CCN(C(C)(C)C)CC2)O1. The van der Waals surface area contributed by atoms with E-state index in [4.69, 9.17) is 4.74 Å². The van der Waals surface area contributed by atoms with Gasteiger partial charge in [0.2, 0.25) is 0 Å². The predicted octanol–water partition coefficient (Wildman–Crippen LogP) is 1.56. The first-order chi connectivity index (χ1) is 9.49. The van der Waals surface area contributed by atoms with Gasteiger partial charge in [0, 0.05) is 44.8 Å². The van der Waals surface area contributed by atoms with E-state index in [1.165, 1.54) is 39.0 Å². The molecule has 2 rings (SSSR count). The summed E-state index contributed by atoms with van der Waals surface area (Å²) in [6.07, 6.45) is 3.35. The lowest BCUT2D eigenvalue weighted by atomic mass is 10.0. The van der Waals surface area contributed by atoms with E-state index < -0.39 is 0 Å². The summed E-state index contributed by atoms with van der Waals surface area (Å²) in [7, 11) is 0. The van der Waals surface area contributed by atoms with Crippen molar-refractivity contribution in [3.05, 3.63) is 0 Å². The highest BCUT2D eigenvalue weighted by Gasteiger charge is 2.30. The van der Waals surface area contributed by atoms with Crippen molar-refractivity contribution in [1.29, 1.82) is 0 Å².